The minimum atomic E-state index is 0. The molecular weight excluding hydrogens is 306 g/mol. The summed E-state index contributed by atoms with van der Waals surface area (Å²) in [5.74, 6) is 0.228. The first-order chi connectivity index (χ1) is 8.56. The highest BCUT2D eigenvalue weighted by Gasteiger charge is 2.00. The van der Waals surface area contributed by atoms with Crippen LogP contribution in [0.1, 0.15) is 16.7 Å². The second-order valence-electron chi connectivity index (χ2n) is 4.25. The van der Waals surface area contributed by atoms with Crippen LogP contribution in [0.3, 0.4) is 0 Å². The molecule has 0 spiro atoms. The predicted octanol–water partition coefficient (Wildman–Crippen LogP) is 3.70. The number of aromatic hydroxyl groups is 1. The smallest absolute Gasteiger partial charge is 0.124 e. The van der Waals surface area contributed by atoms with E-state index >= 15 is 0 Å². The zero-order chi connectivity index (χ0) is 13.1. The van der Waals surface area contributed by atoms with Gasteiger partial charge in [0, 0.05) is 16.3 Å². The Morgan fingerprint density at radius 2 is 1.84 bits per heavy atom. The van der Waals surface area contributed by atoms with Crippen molar-refractivity contribution in [2.45, 2.75) is 13.8 Å². The number of rotatable bonds is 2. The SMILES string of the molecule is Cc1ccc(N=Cc2cc(Br)ccc2O)c(C)c1.O. The number of hydrogen-bond acceptors (Lipinski definition) is 2. The lowest BCUT2D eigenvalue weighted by Crippen LogP contribution is -1.83. The first-order valence-corrected chi connectivity index (χ1v) is 6.45. The molecule has 0 bridgehead atoms. The van der Waals surface area contributed by atoms with Gasteiger partial charge in [0.2, 0.25) is 0 Å². The highest BCUT2D eigenvalue weighted by atomic mass is 79.9. The van der Waals surface area contributed by atoms with Crippen LogP contribution in [-0.4, -0.2) is 16.8 Å². The molecule has 2 aromatic carbocycles. The second kappa shape index (κ2) is 6.50. The number of nitrogens with zero attached hydrogens (tertiary/aromatic N) is 1. The number of phenols is 1. The van der Waals surface area contributed by atoms with E-state index in [1.165, 1.54) is 5.56 Å². The van der Waals surface area contributed by atoms with Crippen molar-refractivity contribution >= 4 is 27.8 Å². The van der Waals surface area contributed by atoms with Gasteiger partial charge in [-0.05, 0) is 43.7 Å². The molecule has 3 nitrogen and oxygen atoms in total. The third-order valence-corrected chi connectivity index (χ3v) is 3.18. The van der Waals surface area contributed by atoms with Gasteiger partial charge >= 0.3 is 0 Å². The maximum absolute atomic E-state index is 9.71. The molecular formula is C15H16BrNO2. The largest absolute Gasteiger partial charge is 0.507 e. The molecule has 0 saturated carbocycles. The summed E-state index contributed by atoms with van der Waals surface area (Å²) in [6.07, 6.45) is 1.68. The topological polar surface area (TPSA) is 64.1 Å². The summed E-state index contributed by atoms with van der Waals surface area (Å²) >= 11 is 3.37. The van der Waals surface area contributed by atoms with Gasteiger partial charge in [0.05, 0.1) is 5.69 Å². The van der Waals surface area contributed by atoms with Crippen molar-refractivity contribution in [3.63, 3.8) is 0 Å². The van der Waals surface area contributed by atoms with Gasteiger partial charge in [-0.3, -0.25) is 4.99 Å². The van der Waals surface area contributed by atoms with E-state index in [1.807, 2.05) is 25.1 Å². The van der Waals surface area contributed by atoms with Crippen molar-refractivity contribution in [3.8, 4) is 5.75 Å². The predicted molar refractivity (Wildman–Crippen MR) is 82.6 cm³/mol. The molecule has 100 valence electrons. The molecule has 2 aromatic rings. The third-order valence-electron chi connectivity index (χ3n) is 2.68. The molecule has 0 aliphatic rings. The van der Waals surface area contributed by atoms with Crippen LogP contribution in [-0.2, 0) is 0 Å². The maximum atomic E-state index is 9.71. The van der Waals surface area contributed by atoms with E-state index in [2.05, 4.69) is 33.9 Å². The summed E-state index contributed by atoms with van der Waals surface area (Å²) in [4.78, 5) is 4.41. The highest BCUT2D eigenvalue weighted by molar-refractivity contribution is 9.10. The molecule has 0 aromatic heterocycles. The van der Waals surface area contributed by atoms with E-state index in [9.17, 15) is 5.11 Å². The Hall–Kier alpha value is -1.65. The molecule has 0 amide bonds. The standard InChI is InChI=1S/C15H14BrNO.H2O/c1-10-3-5-14(11(2)7-10)17-9-12-8-13(16)4-6-15(12)18;/h3-9,18H,1-2H3;1H2. The zero-order valence-corrected chi connectivity index (χ0v) is 12.4. The monoisotopic (exact) mass is 321 g/mol. The maximum Gasteiger partial charge on any atom is 0.124 e. The van der Waals surface area contributed by atoms with Gasteiger partial charge < -0.3 is 10.6 Å². The van der Waals surface area contributed by atoms with Crippen LogP contribution in [0.5, 0.6) is 5.75 Å². The number of halogens is 1. The minimum absolute atomic E-state index is 0. The fourth-order valence-corrected chi connectivity index (χ4v) is 2.10. The van der Waals surface area contributed by atoms with Crippen molar-refractivity contribution in [3.05, 3.63) is 57.6 Å². The van der Waals surface area contributed by atoms with Crippen LogP contribution in [0.15, 0.2) is 45.9 Å². The van der Waals surface area contributed by atoms with Crippen molar-refractivity contribution in [2.24, 2.45) is 4.99 Å². The summed E-state index contributed by atoms with van der Waals surface area (Å²) in [6.45, 7) is 4.08. The van der Waals surface area contributed by atoms with E-state index in [1.54, 1.807) is 18.3 Å². The lowest BCUT2D eigenvalue weighted by molar-refractivity contribution is 0.474. The molecule has 0 aliphatic carbocycles. The van der Waals surface area contributed by atoms with E-state index in [-0.39, 0.29) is 11.2 Å². The van der Waals surface area contributed by atoms with Crippen LogP contribution in [0.4, 0.5) is 5.69 Å². The molecule has 0 fully saturated rings. The first-order valence-electron chi connectivity index (χ1n) is 5.66. The molecule has 4 heteroatoms. The van der Waals surface area contributed by atoms with E-state index in [0.29, 0.717) is 5.56 Å². The van der Waals surface area contributed by atoms with Gasteiger partial charge in [-0.2, -0.15) is 0 Å². The average molecular weight is 322 g/mol. The number of aryl methyl sites for hydroxylation is 2. The number of aliphatic imine (C=N–C) groups is 1. The summed E-state index contributed by atoms with van der Waals surface area (Å²) < 4.78 is 0.919. The van der Waals surface area contributed by atoms with E-state index in [0.717, 1.165) is 15.7 Å². The molecule has 0 heterocycles. The van der Waals surface area contributed by atoms with Crippen molar-refractivity contribution in [1.82, 2.24) is 0 Å². The zero-order valence-electron chi connectivity index (χ0n) is 10.8. The Morgan fingerprint density at radius 1 is 1.11 bits per heavy atom. The average Bonchev–Trinajstić information content (AvgIpc) is 2.32. The fraction of sp³-hybridized carbons (Fsp3) is 0.133. The van der Waals surface area contributed by atoms with Crippen molar-refractivity contribution in [1.29, 1.82) is 0 Å². The summed E-state index contributed by atoms with van der Waals surface area (Å²) in [5.41, 5.74) is 3.96. The van der Waals surface area contributed by atoms with Crippen LogP contribution >= 0.6 is 15.9 Å². The molecule has 19 heavy (non-hydrogen) atoms. The van der Waals surface area contributed by atoms with Crippen molar-refractivity contribution in [2.75, 3.05) is 0 Å². The molecule has 2 rings (SSSR count). The summed E-state index contributed by atoms with van der Waals surface area (Å²) in [6, 6.07) is 11.4. The molecule has 0 aliphatic heterocycles. The fourth-order valence-electron chi connectivity index (χ4n) is 1.72. The van der Waals surface area contributed by atoms with Gasteiger partial charge in [0.1, 0.15) is 5.75 Å². The Kier molecular flexibility index (Phi) is 5.27. The summed E-state index contributed by atoms with van der Waals surface area (Å²) in [7, 11) is 0. The highest BCUT2D eigenvalue weighted by Crippen LogP contribution is 2.23. The molecule has 0 saturated heterocycles. The minimum Gasteiger partial charge on any atom is -0.507 e. The van der Waals surface area contributed by atoms with E-state index in [4.69, 9.17) is 0 Å². The lowest BCUT2D eigenvalue weighted by Gasteiger charge is -2.02. The van der Waals surface area contributed by atoms with E-state index < -0.39 is 0 Å². The van der Waals surface area contributed by atoms with Crippen LogP contribution in [0.25, 0.3) is 0 Å². The number of benzene rings is 2. The van der Waals surface area contributed by atoms with Crippen molar-refractivity contribution < 1.29 is 10.6 Å². The number of phenolic OH excluding ortho intramolecular Hbond substituents is 1. The van der Waals surface area contributed by atoms with Gasteiger partial charge in [0.25, 0.3) is 0 Å². The van der Waals surface area contributed by atoms with Gasteiger partial charge in [0.15, 0.2) is 0 Å². The van der Waals surface area contributed by atoms with Crippen LogP contribution in [0, 0.1) is 13.8 Å². The third kappa shape index (κ3) is 3.91. The number of hydrogen-bond donors (Lipinski definition) is 1. The molecule has 0 radical (unpaired) electrons. The Bertz CT molecular complexity index is 609. The van der Waals surface area contributed by atoms with Gasteiger partial charge in [-0.25, -0.2) is 0 Å². The van der Waals surface area contributed by atoms with Gasteiger partial charge in [-0.1, -0.05) is 33.6 Å². The Balaban J connectivity index is 0.00000180. The van der Waals surface area contributed by atoms with Gasteiger partial charge in [-0.15, -0.1) is 0 Å². The second-order valence-corrected chi connectivity index (χ2v) is 5.17. The van der Waals surface area contributed by atoms with Crippen LogP contribution in [0.2, 0.25) is 0 Å². The normalized spacial score (nSPS) is 10.5. The van der Waals surface area contributed by atoms with Crippen LogP contribution < -0.4 is 0 Å². The lowest BCUT2D eigenvalue weighted by atomic mass is 10.1. The Morgan fingerprint density at radius 3 is 2.53 bits per heavy atom. The summed E-state index contributed by atoms with van der Waals surface area (Å²) in [5, 5.41) is 9.71. The molecule has 0 atom stereocenters. The Labute approximate surface area is 121 Å². The quantitative estimate of drug-likeness (QED) is 0.842. The molecule has 0 unspecified atom stereocenters. The molecule has 3 N–H and O–H groups in total. The first kappa shape index (κ1) is 15.4.